The summed E-state index contributed by atoms with van der Waals surface area (Å²) in [7, 11) is 0. The van der Waals surface area contributed by atoms with E-state index < -0.39 is 23.1 Å². The van der Waals surface area contributed by atoms with Gasteiger partial charge in [-0.2, -0.15) is 0 Å². The number of aryl methyl sites for hydroxylation is 1. The molecule has 0 fully saturated rings. The van der Waals surface area contributed by atoms with Gasteiger partial charge in [0.25, 0.3) is 11.5 Å². The lowest BCUT2D eigenvalue weighted by Gasteiger charge is -2.14. The number of aliphatic hydroxyl groups excluding tert-OH is 1. The van der Waals surface area contributed by atoms with Gasteiger partial charge in [-0.3, -0.25) is 14.2 Å². The number of carbonyl (C=O) groups excluding carboxylic acids is 1. The standard InChI is InChI=1S/C21H18BrF2N3O4/c1-12-8-17(31-11-14-2-4-15(23)9-16(14)24)19(22)21(30)27(12)18-5-3-13(10-26-18)20(29)25-6-7-28/h2-5,8-10,28H,6-7,11H2,1H3,(H,25,29). The summed E-state index contributed by atoms with van der Waals surface area (Å²) < 4.78 is 33.8. The highest BCUT2D eigenvalue weighted by Gasteiger charge is 2.16. The van der Waals surface area contributed by atoms with Crippen LogP contribution in [0.1, 0.15) is 21.6 Å². The van der Waals surface area contributed by atoms with Gasteiger partial charge in [-0.25, -0.2) is 13.8 Å². The summed E-state index contributed by atoms with van der Waals surface area (Å²) in [5.74, 6) is -1.34. The zero-order valence-electron chi connectivity index (χ0n) is 16.4. The number of carbonyl (C=O) groups is 1. The van der Waals surface area contributed by atoms with E-state index in [1.54, 1.807) is 13.0 Å². The molecule has 0 unspecified atom stereocenters. The highest BCUT2D eigenvalue weighted by molar-refractivity contribution is 9.10. The summed E-state index contributed by atoms with van der Waals surface area (Å²) in [6.07, 6.45) is 1.32. The summed E-state index contributed by atoms with van der Waals surface area (Å²) in [5, 5.41) is 11.3. The van der Waals surface area contributed by atoms with Crippen LogP contribution in [-0.4, -0.2) is 33.7 Å². The van der Waals surface area contributed by atoms with E-state index >= 15 is 0 Å². The van der Waals surface area contributed by atoms with Crippen molar-refractivity contribution < 1.29 is 23.4 Å². The van der Waals surface area contributed by atoms with Crippen LogP contribution in [0.5, 0.6) is 5.75 Å². The maximum Gasteiger partial charge on any atom is 0.274 e. The Kier molecular flexibility index (Phi) is 7.13. The molecule has 0 saturated carbocycles. The van der Waals surface area contributed by atoms with Crippen molar-refractivity contribution in [1.82, 2.24) is 14.9 Å². The van der Waals surface area contributed by atoms with Crippen molar-refractivity contribution in [2.45, 2.75) is 13.5 Å². The first-order valence-corrected chi connectivity index (χ1v) is 9.95. The van der Waals surface area contributed by atoms with Gasteiger partial charge in [-0.05, 0) is 47.1 Å². The van der Waals surface area contributed by atoms with Gasteiger partial charge in [-0.15, -0.1) is 0 Å². The normalized spacial score (nSPS) is 10.7. The van der Waals surface area contributed by atoms with Crippen molar-refractivity contribution >= 4 is 21.8 Å². The third-order valence-electron chi connectivity index (χ3n) is 4.33. The lowest BCUT2D eigenvalue weighted by molar-refractivity contribution is 0.0944. The van der Waals surface area contributed by atoms with Gasteiger partial charge in [0.2, 0.25) is 0 Å². The third-order valence-corrected chi connectivity index (χ3v) is 5.06. The minimum atomic E-state index is -0.742. The fourth-order valence-corrected chi connectivity index (χ4v) is 3.20. The molecule has 0 aliphatic rings. The molecule has 7 nitrogen and oxygen atoms in total. The Balaban J connectivity index is 1.84. The molecule has 3 aromatic rings. The molecule has 0 aliphatic carbocycles. The van der Waals surface area contributed by atoms with Crippen LogP contribution in [-0.2, 0) is 6.61 Å². The number of nitrogens with one attached hydrogen (secondary N) is 1. The zero-order chi connectivity index (χ0) is 22.5. The molecule has 162 valence electrons. The zero-order valence-corrected chi connectivity index (χ0v) is 17.9. The molecule has 3 rings (SSSR count). The first kappa shape index (κ1) is 22.6. The van der Waals surface area contributed by atoms with Crippen molar-refractivity contribution in [3.8, 4) is 11.6 Å². The first-order chi connectivity index (χ1) is 14.8. The van der Waals surface area contributed by atoms with E-state index in [0.29, 0.717) is 5.69 Å². The number of amides is 1. The van der Waals surface area contributed by atoms with Crippen molar-refractivity contribution in [2.75, 3.05) is 13.2 Å². The Labute approximate surface area is 184 Å². The molecule has 1 amide bonds. The molecule has 0 spiro atoms. The molecule has 0 aliphatic heterocycles. The smallest absolute Gasteiger partial charge is 0.274 e. The van der Waals surface area contributed by atoms with Crippen molar-refractivity contribution in [3.05, 3.63) is 85.9 Å². The minimum Gasteiger partial charge on any atom is -0.487 e. The van der Waals surface area contributed by atoms with Crippen LogP contribution >= 0.6 is 15.9 Å². The van der Waals surface area contributed by atoms with Crippen LogP contribution in [0.3, 0.4) is 0 Å². The van der Waals surface area contributed by atoms with Gasteiger partial charge < -0.3 is 15.2 Å². The molecule has 0 atom stereocenters. The van der Waals surface area contributed by atoms with E-state index in [0.717, 1.165) is 12.1 Å². The van der Waals surface area contributed by atoms with Crippen LogP contribution in [0.15, 0.2) is 51.9 Å². The summed E-state index contributed by atoms with van der Waals surface area (Å²) >= 11 is 3.20. The molecule has 0 bridgehead atoms. The van der Waals surface area contributed by atoms with Crippen LogP contribution in [0.2, 0.25) is 0 Å². The first-order valence-electron chi connectivity index (χ1n) is 9.16. The Morgan fingerprint density at radius 2 is 2.03 bits per heavy atom. The fourth-order valence-electron chi connectivity index (χ4n) is 2.79. The van der Waals surface area contributed by atoms with Gasteiger partial charge in [0, 0.05) is 36.1 Å². The number of rotatable bonds is 7. The maximum atomic E-state index is 13.8. The highest BCUT2D eigenvalue weighted by Crippen LogP contribution is 2.25. The lowest BCUT2D eigenvalue weighted by Crippen LogP contribution is -2.27. The van der Waals surface area contributed by atoms with E-state index in [-0.39, 0.29) is 46.9 Å². The number of halogens is 3. The van der Waals surface area contributed by atoms with E-state index in [2.05, 4.69) is 26.2 Å². The number of ether oxygens (including phenoxy) is 1. The van der Waals surface area contributed by atoms with Gasteiger partial charge in [0.05, 0.1) is 12.2 Å². The number of hydrogen-bond acceptors (Lipinski definition) is 5. The second kappa shape index (κ2) is 9.80. The monoisotopic (exact) mass is 493 g/mol. The van der Waals surface area contributed by atoms with Crippen LogP contribution in [0, 0.1) is 18.6 Å². The molecule has 2 heterocycles. The minimum absolute atomic E-state index is 0.104. The van der Waals surface area contributed by atoms with Crippen LogP contribution in [0.25, 0.3) is 5.82 Å². The number of benzene rings is 1. The molecule has 2 N–H and O–H groups in total. The van der Waals surface area contributed by atoms with E-state index in [4.69, 9.17) is 9.84 Å². The second-order valence-corrected chi connectivity index (χ2v) is 7.31. The number of pyridine rings is 2. The number of aromatic nitrogens is 2. The van der Waals surface area contributed by atoms with Crippen molar-refractivity contribution in [3.63, 3.8) is 0 Å². The lowest BCUT2D eigenvalue weighted by atomic mass is 10.2. The second-order valence-electron chi connectivity index (χ2n) is 6.51. The van der Waals surface area contributed by atoms with Crippen LogP contribution in [0.4, 0.5) is 8.78 Å². The SMILES string of the molecule is Cc1cc(OCc2ccc(F)cc2F)c(Br)c(=O)n1-c1ccc(C(=O)NCCO)cn1. The summed E-state index contributed by atoms with van der Waals surface area (Å²) in [4.78, 5) is 28.9. The number of aliphatic hydroxyl groups is 1. The van der Waals surface area contributed by atoms with Gasteiger partial charge >= 0.3 is 0 Å². The van der Waals surface area contributed by atoms with Gasteiger partial charge in [0.15, 0.2) is 0 Å². The Bertz CT molecular complexity index is 1170. The van der Waals surface area contributed by atoms with E-state index in [1.165, 1.54) is 29.0 Å². The van der Waals surface area contributed by atoms with Crippen molar-refractivity contribution in [2.24, 2.45) is 0 Å². The summed E-state index contributed by atoms with van der Waals surface area (Å²) in [5.41, 5.74) is 0.461. The van der Waals surface area contributed by atoms with Crippen LogP contribution < -0.4 is 15.6 Å². The topological polar surface area (TPSA) is 93.5 Å². The summed E-state index contributed by atoms with van der Waals surface area (Å²) in [6.45, 7) is 1.42. The van der Waals surface area contributed by atoms with Crippen molar-refractivity contribution in [1.29, 1.82) is 0 Å². The average Bonchev–Trinajstić information content (AvgIpc) is 2.75. The molecule has 2 aromatic heterocycles. The molecular formula is C21H18BrF2N3O4. The Morgan fingerprint density at radius 3 is 2.68 bits per heavy atom. The van der Waals surface area contributed by atoms with E-state index in [1.807, 2.05) is 0 Å². The predicted molar refractivity (Wildman–Crippen MR) is 112 cm³/mol. The molecule has 10 heteroatoms. The number of hydrogen-bond donors (Lipinski definition) is 2. The molecule has 0 saturated heterocycles. The third kappa shape index (κ3) is 5.15. The highest BCUT2D eigenvalue weighted by atomic mass is 79.9. The quantitative estimate of drug-likeness (QED) is 0.527. The summed E-state index contributed by atoms with van der Waals surface area (Å²) in [6, 6.07) is 7.76. The molecular weight excluding hydrogens is 476 g/mol. The molecule has 31 heavy (non-hydrogen) atoms. The Hall–Kier alpha value is -3.11. The Morgan fingerprint density at radius 1 is 1.26 bits per heavy atom. The van der Waals surface area contributed by atoms with Gasteiger partial charge in [-0.1, -0.05) is 0 Å². The van der Waals surface area contributed by atoms with E-state index in [9.17, 15) is 18.4 Å². The maximum absolute atomic E-state index is 13.8. The fraction of sp³-hybridized carbons (Fsp3) is 0.190. The predicted octanol–water partition coefficient (Wildman–Crippen LogP) is 2.88. The largest absolute Gasteiger partial charge is 0.487 e. The van der Waals surface area contributed by atoms with Gasteiger partial charge in [0.1, 0.15) is 34.3 Å². The average molecular weight is 494 g/mol. The molecule has 0 radical (unpaired) electrons. The number of nitrogens with zero attached hydrogens (tertiary/aromatic N) is 2. The molecule has 1 aromatic carbocycles.